The molecule has 0 bridgehead atoms. The van der Waals surface area contributed by atoms with E-state index < -0.39 is 0 Å². The van der Waals surface area contributed by atoms with Crippen LogP contribution in [-0.4, -0.2) is 42.3 Å². The van der Waals surface area contributed by atoms with Crippen LogP contribution in [0.1, 0.15) is 44.6 Å². The molecule has 1 atom stereocenters. The molecule has 1 fully saturated rings. The Bertz CT molecular complexity index is 468. The van der Waals surface area contributed by atoms with E-state index in [9.17, 15) is 9.90 Å². The van der Waals surface area contributed by atoms with Crippen LogP contribution in [0.2, 0.25) is 0 Å². The Labute approximate surface area is 139 Å². The van der Waals surface area contributed by atoms with E-state index in [1.807, 2.05) is 23.1 Å². The highest BCUT2D eigenvalue weighted by Crippen LogP contribution is 2.24. The molecular weight excluding hydrogens is 288 g/mol. The number of piperidine rings is 1. The van der Waals surface area contributed by atoms with Crippen molar-refractivity contribution < 1.29 is 9.90 Å². The largest absolute Gasteiger partial charge is 0.396 e. The number of rotatable bonds is 6. The van der Waals surface area contributed by atoms with Crippen molar-refractivity contribution in [2.75, 3.05) is 26.2 Å². The lowest BCUT2D eigenvalue weighted by Gasteiger charge is -2.34. The first-order valence-electron chi connectivity index (χ1n) is 8.80. The Hall–Kier alpha value is -1.55. The molecule has 0 aromatic heterocycles. The van der Waals surface area contributed by atoms with Crippen LogP contribution in [0, 0.1) is 11.8 Å². The number of nitrogens with one attached hydrogen (secondary N) is 1. The van der Waals surface area contributed by atoms with Crippen molar-refractivity contribution in [1.29, 1.82) is 0 Å². The van der Waals surface area contributed by atoms with Gasteiger partial charge in [0.05, 0.1) is 0 Å². The molecule has 0 radical (unpaired) electrons. The third-order valence-corrected chi connectivity index (χ3v) is 5.02. The van der Waals surface area contributed by atoms with Gasteiger partial charge in [0, 0.05) is 32.2 Å². The highest BCUT2D eigenvalue weighted by atomic mass is 16.3. The topological polar surface area (TPSA) is 52.6 Å². The van der Waals surface area contributed by atoms with Gasteiger partial charge in [0.1, 0.15) is 0 Å². The average molecular weight is 318 g/mol. The number of benzene rings is 1. The quantitative estimate of drug-likeness (QED) is 0.846. The predicted molar refractivity (Wildman–Crippen MR) is 93.4 cm³/mol. The summed E-state index contributed by atoms with van der Waals surface area (Å²) in [5.74, 6) is 1.61. The van der Waals surface area contributed by atoms with Crippen LogP contribution in [0.5, 0.6) is 0 Å². The maximum absolute atomic E-state index is 12.4. The standard InChI is InChI=1S/C19H30N2O2/c1-15(2)16-8-11-21(12-9-16)19(23)20-14-18(10-13-22)17-6-4-3-5-7-17/h3-7,15-16,18,22H,8-14H2,1-2H3,(H,20,23). The van der Waals surface area contributed by atoms with Gasteiger partial charge in [-0.05, 0) is 36.7 Å². The molecule has 1 aromatic carbocycles. The van der Waals surface area contributed by atoms with Gasteiger partial charge in [-0.15, -0.1) is 0 Å². The van der Waals surface area contributed by atoms with Crippen molar-refractivity contribution in [2.45, 2.75) is 39.0 Å². The van der Waals surface area contributed by atoms with Crippen LogP contribution in [0.15, 0.2) is 30.3 Å². The molecule has 2 N–H and O–H groups in total. The number of hydrogen-bond acceptors (Lipinski definition) is 2. The SMILES string of the molecule is CC(C)C1CCN(C(=O)NCC(CCO)c2ccccc2)CC1. The van der Waals surface area contributed by atoms with Crippen LogP contribution in [0.4, 0.5) is 4.79 Å². The van der Waals surface area contributed by atoms with Gasteiger partial charge in [-0.2, -0.15) is 0 Å². The molecule has 1 unspecified atom stereocenters. The van der Waals surface area contributed by atoms with E-state index in [1.165, 1.54) is 5.56 Å². The second-order valence-electron chi connectivity index (χ2n) is 6.87. The lowest BCUT2D eigenvalue weighted by Crippen LogP contribution is -2.46. The zero-order valence-electron chi connectivity index (χ0n) is 14.4. The smallest absolute Gasteiger partial charge is 0.317 e. The molecule has 2 rings (SSSR count). The first kappa shape index (κ1) is 17.8. The van der Waals surface area contributed by atoms with Crippen molar-refractivity contribution >= 4 is 6.03 Å². The summed E-state index contributed by atoms with van der Waals surface area (Å²) < 4.78 is 0. The number of likely N-dealkylation sites (tertiary alicyclic amines) is 1. The molecule has 2 amide bonds. The van der Waals surface area contributed by atoms with E-state index in [1.54, 1.807) is 0 Å². The molecule has 0 aliphatic carbocycles. The van der Waals surface area contributed by atoms with Gasteiger partial charge >= 0.3 is 6.03 Å². The summed E-state index contributed by atoms with van der Waals surface area (Å²) in [6, 6.07) is 10.1. The fourth-order valence-electron chi connectivity index (χ4n) is 3.36. The molecule has 1 saturated heterocycles. The molecule has 4 heteroatoms. The molecule has 0 saturated carbocycles. The molecule has 128 valence electrons. The zero-order chi connectivity index (χ0) is 16.7. The van der Waals surface area contributed by atoms with Crippen LogP contribution >= 0.6 is 0 Å². The summed E-state index contributed by atoms with van der Waals surface area (Å²) in [7, 11) is 0. The maximum atomic E-state index is 12.4. The number of aliphatic hydroxyl groups is 1. The fraction of sp³-hybridized carbons (Fsp3) is 0.632. The molecular formula is C19H30N2O2. The minimum atomic E-state index is 0.0334. The Kier molecular flexibility index (Phi) is 6.90. The zero-order valence-corrected chi connectivity index (χ0v) is 14.4. The predicted octanol–water partition coefficient (Wildman–Crippen LogP) is 3.23. The van der Waals surface area contributed by atoms with E-state index >= 15 is 0 Å². The van der Waals surface area contributed by atoms with Crippen LogP contribution in [0.25, 0.3) is 0 Å². The Morgan fingerprint density at radius 1 is 1.26 bits per heavy atom. The average Bonchev–Trinajstić information content (AvgIpc) is 2.59. The third kappa shape index (κ3) is 5.24. The van der Waals surface area contributed by atoms with Gasteiger partial charge in [0.25, 0.3) is 0 Å². The molecule has 1 heterocycles. The monoisotopic (exact) mass is 318 g/mol. The third-order valence-electron chi connectivity index (χ3n) is 5.02. The normalized spacial score (nSPS) is 17.3. The van der Waals surface area contributed by atoms with Crippen LogP contribution < -0.4 is 5.32 Å². The summed E-state index contributed by atoms with van der Waals surface area (Å²) in [6.07, 6.45) is 2.87. The molecule has 1 aliphatic rings. The number of aliphatic hydroxyl groups excluding tert-OH is 1. The van der Waals surface area contributed by atoms with Crippen molar-refractivity contribution in [3.63, 3.8) is 0 Å². The van der Waals surface area contributed by atoms with Gasteiger partial charge < -0.3 is 15.3 Å². The first-order valence-corrected chi connectivity index (χ1v) is 8.80. The summed E-state index contributed by atoms with van der Waals surface area (Å²) in [5, 5.41) is 12.3. The minimum Gasteiger partial charge on any atom is -0.396 e. The van der Waals surface area contributed by atoms with Crippen molar-refractivity contribution in [3.8, 4) is 0 Å². The van der Waals surface area contributed by atoms with Gasteiger partial charge in [-0.25, -0.2) is 4.79 Å². The van der Waals surface area contributed by atoms with Gasteiger partial charge in [-0.3, -0.25) is 0 Å². The second-order valence-corrected chi connectivity index (χ2v) is 6.87. The van der Waals surface area contributed by atoms with Crippen molar-refractivity contribution in [2.24, 2.45) is 11.8 Å². The molecule has 1 aliphatic heterocycles. The lowest BCUT2D eigenvalue weighted by molar-refractivity contribution is 0.156. The second kappa shape index (κ2) is 8.92. The summed E-state index contributed by atoms with van der Waals surface area (Å²) in [4.78, 5) is 14.3. The molecule has 1 aromatic rings. The Morgan fingerprint density at radius 3 is 2.48 bits per heavy atom. The van der Waals surface area contributed by atoms with Crippen LogP contribution in [-0.2, 0) is 0 Å². The number of carbonyl (C=O) groups excluding carboxylic acids is 1. The van der Waals surface area contributed by atoms with Gasteiger partial charge in [0.15, 0.2) is 0 Å². The van der Waals surface area contributed by atoms with E-state index in [-0.39, 0.29) is 18.6 Å². The number of urea groups is 1. The fourth-order valence-corrected chi connectivity index (χ4v) is 3.36. The number of amides is 2. The van der Waals surface area contributed by atoms with E-state index in [0.717, 1.165) is 31.8 Å². The highest BCUT2D eigenvalue weighted by molar-refractivity contribution is 5.74. The summed E-state index contributed by atoms with van der Waals surface area (Å²) in [6.45, 7) is 6.94. The van der Waals surface area contributed by atoms with Gasteiger partial charge in [-0.1, -0.05) is 44.2 Å². The van der Waals surface area contributed by atoms with Crippen molar-refractivity contribution in [3.05, 3.63) is 35.9 Å². The number of carbonyl (C=O) groups is 1. The van der Waals surface area contributed by atoms with Crippen molar-refractivity contribution in [1.82, 2.24) is 10.2 Å². The van der Waals surface area contributed by atoms with E-state index in [0.29, 0.717) is 18.9 Å². The summed E-state index contributed by atoms with van der Waals surface area (Å²) >= 11 is 0. The number of hydrogen-bond donors (Lipinski definition) is 2. The molecule has 23 heavy (non-hydrogen) atoms. The lowest BCUT2D eigenvalue weighted by atomic mass is 9.87. The maximum Gasteiger partial charge on any atom is 0.317 e. The molecule has 4 nitrogen and oxygen atoms in total. The molecule has 0 spiro atoms. The highest BCUT2D eigenvalue weighted by Gasteiger charge is 2.24. The minimum absolute atomic E-state index is 0.0334. The summed E-state index contributed by atoms with van der Waals surface area (Å²) in [5.41, 5.74) is 1.17. The van der Waals surface area contributed by atoms with E-state index in [4.69, 9.17) is 0 Å². The van der Waals surface area contributed by atoms with Crippen LogP contribution in [0.3, 0.4) is 0 Å². The Balaban J connectivity index is 1.83. The van der Waals surface area contributed by atoms with E-state index in [2.05, 4.69) is 31.3 Å². The van der Waals surface area contributed by atoms with Gasteiger partial charge in [0.2, 0.25) is 0 Å². The Morgan fingerprint density at radius 2 is 1.91 bits per heavy atom. The number of nitrogens with zero attached hydrogens (tertiary/aromatic N) is 1. The first-order chi connectivity index (χ1) is 11.1.